The second-order valence-corrected chi connectivity index (χ2v) is 6.52. The summed E-state index contributed by atoms with van der Waals surface area (Å²) >= 11 is 1.66. The summed E-state index contributed by atoms with van der Waals surface area (Å²) in [4.78, 5) is 26.5. The molecule has 4 rings (SSSR count). The first-order chi connectivity index (χ1) is 9.79. The highest BCUT2D eigenvalue weighted by atomic mass is 32.1. The van der Waals surface area contributed by atoms with Crippen LogP contribution in [0.1, 0.15) is 40.8 Å². The molecule has 2 aromatic rings. The quantitative estimate of drug-likeness (QED) is 0.933. The SMILES string of the molecule is O=c1[nH]c(C2CC2)nc2c1CN(Cc1nccs1)CC2. The van der Waals surface area contributed by atoms with Crippen LogP contribution in [0.2, 0.25) is 0 Å². The summed E-state index contributed by atoms with van der Waals surface area (Å²) in [6.07, 6.45) is 5.02. The summed E-state index contributed by atoms with van der Waals surface area (Å²) in [5.41, 5.74) is 1.91. The predicted octanol–water partition coefficient (Wildman–Crippen LogP) is 1.66. The number of rotatable bonds is 3. The minimum Gasteiger partial charge on any atom is -0.310 e. The molecule has 20 heavy (non-hydrogen) atoms. The van der Waals surface area contributed by atoms with E-state index in [9.17, 15) is 4.79 Å². The van der Waals surface area contributed by atoms with Crippen molar-refractivity contribution in [1.82, 2.24) is 19.9 Å². The Labute approximate surface area is 120 Å². The molecular weight excluding hydrogens is 272 g/mol. The largest absolute Gasteiger partial charge is 0.310 e. The maximum absolute atomic E-state index is 12.2. The molecule has 1 saturated carbocycles. The molecule has 6 heteroatoms. The Hall–Kier alpha value is -1.53. The van der Waals surface area contributed by atoms with Crippen molar-refractivity contribution in [1.29, 1.82) is 0 Å². The Bertz CT molecular complexity index is 675. The third kappa shape index (κ3) is 2.29. The lowest BCUT2D eigenvalue weighted by Crippen LogP contribution is -2.35. The number of aromatic amines is 1. The molecule has 3 heterocycles. The molecule has 0 radical (unpaired) electrons. The van der Waals surface area contributed by atoms with Gasteiger partial charge in [-0.05, 0) is 12.8 Å². The number of thiazole rings is 1. The smallest absolute Gasteiger partial charge is 0.255 e. The van der Waals surface area contributed by atoms with Crippen molar-refractivity contribution in [2.45, 2.75) is 38.3 Å². The summed E-state index contributed by atoms with van der Waals surface area (Å²) < 4.78 is 0. The zero-order valence-corrected chi connectivity index (χ0v) is 11.9. The highest BCUT2D eigenvalue weighted by molar-refractivity contribution is 7.09. The van der Waals surface area contributed by atoms with Crippen molar-refractivity contribution in [3.8, 4) is 0 Å². The second kappa shape index (κ2) is 4.79. The van der Waals surface area contributed by atoms with E-state index in [-0.39, 0.29) is 5.56 Å². The van der Waals surface area contributed by atoms with Gasteiger partial charge in [0.2, 0.25) is 0 Å². The first-order valence-electron chi connectivity index (χ1n) is 7.02. The first kappa shape index (κ1) is 12.2. The van der Waals surface area contributed by atoms with E-state index in [0.29, 0.717) is 12.5 Å². The fourth-order valence-corrected chi connectivity index (χ4v) is 3.37. The molecule has 1 aliphatic carbocycles. The minimum absolute atomic E-state index is 0.0562. The van der Waals surface area contributed by atoms with Crippen LogP contribution in [0.3, 0.4) is 0 Å². The van der Waals surface area contributed by atoms with Gasteiger partial charge in [0.25, 0.3) is 5.56 Å². The third-order valence-corrected chi connectivity index (χ3v) is 4.74. The van der Waals surface area contributed by atoms with Crippen LogP contribution in [0.4, 0.5) is 0 Å². The van der Waals surface area contributed by atoms with Gasteiger partial charge in [-0.15, -0.1) is 11.3 Å². The van der Waals surface area contributed by atoms with E-state index in [1.807, 2.05) is 11.6 Å². The lowest BCUT2D eigenvalue weighted by atomic mass is 10.1. The summed E-state index contributed by atoms with van der Waals surface area (Å²) in [5, 5.41) is 3.09. The molecule has 1 N–H and O–H groups in total. The summed E-state index contributed by atoms with van der Waals surface area (Å²) in [6.45, 7) is 2.45. The highest BCUT2D eigenvalue weighted by Gasteiger charge is 2.29. The van der Waals surface area contributed by atoms with Crippen LogP contribution in [-0.2, 0) is 19.5 Å². The Morgan fingerprint density at radius 1 is 1.45 bits per heavy atom. The molecule has 0 saturated heterocycles. The van der Waals surface area contributed by atoms with Crippen molar-refractivity contribution in [3.05, 3.63) is 44.0 Å². The van der Waals surface area contributed by atoms with Crippen molar-refractivity contribution < 1.29 is 0 Å². The number of nitrogens with one attached hydrogen (secondary N) is 1. The normalized spacial score (nSPS) is 19.0. The molecule has 0 atom stereocenters. The van der Waals surface area contributed by atoms with Gasteiger partial charge in [-0.3, -0.25) is 9.69 Å². The van der Waals surface area contributed by atoms with Gasteiger partial charge in [0, 0.05) is 37.0 Å². The Morgan fingerprint density at radius 3 is 3.10 bits per heavy atom. The van der Waals surface area contributed by atoms with Crippen molar-refractivity contribution >= 4 is 11.3 Å². The van der Waals surface area contributed by atoms with Crippen LogP contribution < -0.4 is 5.56 Å². The van der Waals surface area contributed by atoms with Gasteiger partial charge < -0.3 is 4.98 Å². The van der Waals surface area contributed by atoms with Crippen molar-refractivity contribution in [3.63, 3.8) is 0 Å². The monoisotopic (exact) mass is 288 g/mol. The van der Waals surface area contributed by atoms with Crippen LogP contribution in [0.15, 0.2) is 16.4 Å². The van der Waals surface area contributed by atoms with Crippen LogP contribution >= 0.6 is 11.3 Å². The predicted molar refractivity (Wildman–Crippen MR) is 76.8 cm³/mol. The molecule has 0 aromatic carbocycles. The van der Waals surface area contributed by atoms with Crippen molar-refractivity contribution in [2.24, 2.45) is 0 Å². The third-order valence-electron chi connectivity index (χ3n) is 3.97. The van der Waals surface area contributed by atoms with Gasteiger partial charge in [0.15, 0.2) is 0 Å². The second-order valence-electron chi connectivity index (χ2n) is 5.54. The van der Waals surface area contributed by atoms with Gasteiger partial charge in [-0.1, -0.05) is 0 Å². The summed E-state index contributed by atoms with van der Waals surface area (Å²) in [6, 6.07) is 0. The van der Waals surface area contributed by atoms with Gasteiger partial charge in [0.05, 0.1) is 17.8 Å². The number of aromatic nitrogens is 3. The van der Waals surface area contributed by atoms with Crippen LogP contribution in [0.5, 0.6) is 0 Å². The molecule has 0 bridgehead atoms. The lowest BCUT2D eigenvalue weighted by molar-refractivity contribution is 0.241. The van der Waals surface area contributed by atoms with Crippen LogP contribution in [-0.4, -0.2) is 26.4 Å². The highest BCUT2D eigenvalue weighted by Crippen LogP contribution is 2.37. The Morgan fingerprint density at radius 2 is 2.35 bits per heavy atom. The molecule has 0 spiro atoms. The molecule has 5 nitrogen and oxygen atoms in total. The standard InChI is InChI=1S/C14H16N4OS/c19-14-10-7-18(8-12-15-4-6-20-12)5-3-11(10)16-13(17-14)9-1-2-9/h4,6,9H,1-3,5,7-8H2,(H,16,17,19). The topological polar surface area (TPSA) is 61.9 Å². The molecule has 0 unspecified atom stereocenters. The van der Waals surface area contributed by atoms with Crippen LogP contribution in [0.25, 0.3) is 0 Å². The molecule has 1 fully saturated rings. The van der Waals surface area contributed by atoms with Gasteiger partial charge in [-0.2, -0.15) is 0 Å². The minimum atomic E-state index is 0.0562. The van der Waals surface area contributed by atoms with Crippen LogP contribution in [0, 0.1) is 0 Å². The fraction of sp³-hybridized carbons (Fsp3) is 0.500. The zero-order chi connectivity index (χ0) is 13.5. The maximum Gasteiger partial charge on any atom is 0.255 e. The Kier molecular flexibility index (Phi) is 2.93. The van der Waals surface area contributed by atoms with E-state index in [1.165, 1.54) is 0 Å². The van der Waals surface area contributed by atoms with E-state index < -0.39 is 0 Å². The first-order valence-corrected chi connectivity index (χ1v) is 7.90. The molecule has 1 aliphatic heterocycles. The molecular formula is C14H16N4OS. The average molecular weight is 288 g/mol. The maximum atomic E-state index is 12.2. The van der Waals surface area contributed by atoms with E-state index >= 15 is 0 Å². The molecule has 2 aromatic heterocycles. The van der Waals surface area contributed by atoms with E-state index in [0.717, 1.165) is 54.4 Å². The number of nitrogens with zero attached hydrogens (tertiary/aromatic N) is 3. The summed E-state index contributed by atoms with van der Waals surface area (Å²) in [5.74, 6) is 1.41. The number of fused-ring (bicyclic) bond motifs is 1. The van der Waals surface area contributed by atoms with Crippen molar-refractivity contribution in [2.75, 3.05) is 6.54 Å². The summed E-state index contributed by atoms with van der Waals surface area (Å²) in [7, 11) is 0. The number of hydrogen-bond acceptors (Lipinski definition) is 5. The number of H-pyrrole nitrogens is 1. The fourth-order valence-electron chi connectivity index (χ4n) is 2.71. The molecule has 2 aliphatic rings. The van der Waals surface area contributed by atoms with Gasteiger partial charge in [-0.25, -0.2) is 9.97 Å². The van der Waals surface area contributed by atoms with E-state index in [4.69, 9.17) is 0 Å². The zero-order valence-electron chi connectivity index (χ0n) is 11.1. The van der Waals surface area contributed by atoms with E-state index in [1.54, 1.807) is 11.3 Å². The van der Waals surface area contributed by atoms with Gasteiger partial charge >= 0.3 is 0 Å². The Balaban J connectivity index is 1.58. The average Bonchev–Trinajstić information content (AvgIpc) is 3.18. The molecule has 104 valence electrons. The molecule has 0 amide bonds. The number of hydrogen-bond donors (Lipinski definition) is 1. The lowest BCUT2D eigenvalue weighted by Gasteiger charge is -2.26. The van der Waals surface area contributed by atoms with E-state index in [2.05, 4.69) is 19.9 Å². The van der Waals surface area contributed by atoms with Gasteiger partial charge in [0.1, 0.15) is 10.8 Å².